The summed E-state index contributed by atoms with van der Waals surface area (Å²) < 4.78 is 15.9. The normalized spacial score (nSPS) is 17.2. The van der Waals surface area contributed by atoms with E-state index < -0.39 is 0 Å². The molecular formula is C20H25FN4O2. The van der Waals surface area contributed by atoms with Gasteiger partial charge in [0.05, 0.1) is 17.9 Å². The predicted octanol–water partition coefficient (Wildman–Crippen LogP) is 2.52. The molecule has 1 saturated heterocycles. The second-order valence-corrected chi connectivity index (χ2v) is 7.25. The molecule has 1 aromatic carbocycles. The van der Waals surface area contributed by atoms with Crippen LogP contribution in [0.25, 0.3) is 5.69 Å². The second kappa shape index (κ2) is 8.33. The van der Waals surface area contributed by atoms with E-state index >= 15 is 0 Å². The summed E-state index contributed by atoms with van der Waals surface area (Å²) in [4.78, 5) is 30.3. The van der Waals surface area contributed by atoms with Crippen molar-refractivity contribution >= 4 is 11.8 Å². The molecule has 1 N–H and O–H groups in total. The van der Waals surface area contributed by atoms with Crippen molar-refractivity contribution in [3.05, 3.63) is 48.3 Å². The third kappa shape index (κ3) is 4.53. The van der Waals surface area contributed by atoms with Gasteiger partial charge in [0.2, 0.25) is 11.8 Å². The zero-order valence-electron chi connectivity index (χ0n) is 15.7. The van der Waals surface area contributed by atoms with Crippen LogP contribution in [0.15, 0.2) is 36.9 Å². The molecule has 0 bridgehead atoms. The second-order valence-electron chi connectivity index (χ2n) is 7.25. The number of carbonyl (C=O) groups is 2. The summed E-state index contributed by atoms with van der Waals surface area (Å²) in [7, 11) is 0. The summed E-state index contributed by atoms with van der Waals surface area (Å²) in [6.45, 7) is 5.16. The molecular weight excluding hydrogens is 347 g/mol. The summed E-state index contributed by atoms with van der Waals surface area (Å²) in [6.07, 6.45) is 6.39. The van der Waals surface area contributed by atoms with Crippen molar-refractivity contribution in [2.75, 3.05) is 13.1 Å². The Morgan fingerprint density at radius 2 is 2.19 bits per heavy atom. The van der Waals surface area contributed by atoms with Gasteiger partial charge in [-0.25, -0.2) is 9.37 Å². The lowest BCUT2D eigenvalue weighted by molar-refractivity contribution is -0.138. The first-order chi connectivity index (χ1) is 13.0. The van der Waals surface area contributed by atoms with Gasteiger partial charge in [-0.15, -0.1) is 0 Å². The van der Waals surface area contributed by atoms with Crippen LogP contribution in [-0.4, -0.2) is 39.4 Å². The number of nitrogens with one attached hydrogen (secondary N) is 1. The molecule has 2 heterocycles. The molecule has 7 heteroatoms. The van der Waals surface area contributed by atoms with Crippen LogP contribution in [0.2, 0.25) is 0 Å². The van der Waals surface area contributed by atoms with Crippen LogP contribution in [0.4, 0.5) is 4.39 Å². The summed E-state index contributed by atoms with van der Waals surface area (Å²) in [6, 6.07) is 4.88. The number of carbonyl (C=O) groups excluding carboxylic acids is 2. The fourth-order valence-corrected chi connectivity index (χ4v) is 3.36. The van der Waals surface area contributed by atoms with E-state index in [0.29, 0.717) is 24.3 Å². The molecule has 0 saturated carbocycles. The number of amides is 2. The average Bonchev–Trinajstić information content (AvgIpc) is 3.20. The maximum Gasteiger partial charge on any atom is 0.225 e. The Kier molecular flexibility index (Phi) is 5.88. The van der Waals surface area contributed by atoms with Crippen molar-refractivity contribution < 1.29 is 14.0 Å². The Labute approximate surface area is 158 Å². The van der Waals surface area contributed by atoms with E-state index in [-0.39, 0.29) is 36.0 Å². The SMILES string of the molecule is CC(C)C(=O)N1CCCC(C(=O)NCc2ccc(-n3ccnc3)c(F)c2)C1. The molecule has 2 amide bonds. The largest absolute Gasteiger partial charge is 0.352 e. The Balaban J connectivity index is 1.57. The maximum atomic E-state index is 14.3. The number of aromatic nitrogens is 2. The van der Waals surface area contributed by atoms with Crippen LogP contribution in [0.3, 0.4) is 0 Å². The van der Waals surface area contributed by atoms with E-state index in [1.165, 1.54) is 12.4 Å². The van der Waals surface area contributed by atoms with E-state index in [1.807, 2.05) is 13.8 Å². The number of likely N-dealkylation sites (tertiary alicyclic amines) is 1. The molecule has 6 nitrogen and oxygen atoms in total. The van der Waals surface area contributed by atoms with Gasteiger partial charge in [-0.3, -0.25) is 9.59 Å². The van der Waals surface area contributed by atoms with Crippen molar-refractivity contribution in [3.63, 3.8) is 0 Å². The molecule has 27 heavy (non-hydrogen) atoms. The fourth-order valence-electron chi connectivity index (χ4n) is 3.36. The van der Waals surface area contributed by atoms with Gasteiger partial charge in [-0.2, -0.15) is 0 Å². The molecule has 1 atom stereocenters. The highest BCUT2D eigenvalue weighted by Crippen LogP contribution is 2.19. The molecule has 144 valence electrons. The van der Waals surface area contributed by atoms with Crippen LogP contribution in [0.1, 0.15) is 32.3 Å². The minimum absolute atomic E-state index is 0.0659. The lowest BCUT2D eigenvalue weighted by atomic mass is 9.96. The number of benzene rings is 1. The third-order valence-electron chi connectivity index (χ3n) is 4.86. The summed E-state index contributed by atoms with van der Waals surface area (Å²) in [5.41, 5.74) is 1.10. The highest BCUT2D eigenvalue weighted by atomic mass is 19.1. The Bertz CT molecular complexity index is 804. The van der Waals surface area contributed by atoms with Gasteiger partial charge in [0.25, 0.3) is 0 Å². The minimum atomic E-state index is -0.369. The van der Waals surface area contributed by atoms with Crippen LogP contribution in [0, 0.1) is 17.7 Å². The number of hydrogen-bond donors (Lipinski definition) is 1. The Morgan fingerprint density at radius 3 is 2.85 bits per heavy atom. The van der Waals surface area contributed by atoms with Gasteiger partial charge in [0.15, 0.2) is 0 Å². The summed E-state index contributed by atoms with van der Waals surface area (Å²) in [5.74, 6) is -0.647. The van der Waals surface area contributed by atoms with Crippen molar-refractivity contribution in [3.8, 4) is 5.69 Å². The van der Waals surface area contributed by atoms with E-state index in [1.54, 1.807) is 34.0 Å². The number of nitrogens with zero attached hydrogens (tertiary/aromatic N) is 3. The molecule has 1 unspecified atom stereocenters. The molecule has 1 aliphatic rings. The minimum Gasteiger partial charge on any atom is -0.352 e. The van der Waals surface area contributed by atoms with Crippen LogP contribution >= 0.6 is 0 Å². The summed E-state index contributed by atoms with van der Waals surface area (Å²) in [5, 5.41) is 2.88. The number of piperidine rings is 1. The Hall–Kier alpha value is -2.70. The predicted molar refractivity (Wildman–Crippen MR) is 99.5 cm³/mol. The molecule has 0 aliphatic carbocycles. The standard InChI is InChI=1S/C20H25FN4O2/c1-14(2)20(27)24-8-3-4-16(12-24)19(26)23-11-15-5-6-18(17(21)10-15)25-9-7-22-13-25/h5-7,9-10,13-14,16H,3-4,8,11-12H2,1-2H3,(H,23,26). The maximum absolute atomic E-state index is 14.3. The molecule has 3 rings (SSSR count). The number of halogens is 1. The number of imidazole rings is 1. The average molecular weight is 372 g/mol. The number of hydrogen-bond acceptors (Lipinski definition) is 3. The lowest BCUT2D eigenvalue weighted by Crippen LogP contribution is -2.46. The molecule has 1 aliphatic heterocycles. The van der Waals surface area contributed by atoms with Crippen LogP contribution in [-0.2, 0) is 16.1 Å². The zero-order chi connectivity index (χ0) is 19.4. The van der Waals surface area contributed by atoms with Gasteiger partial charge in [-0.05, 0) is 30.5 Å². The van der Waals surface area contributed by atoms with E-state index in [0.717, 1.165) is 12.8 Å². The van der Waals surface area contributed by atoms with Crippen LogP contribution in [0.5, 0.6) is 0 Å². The van der Waals surface area contributed by atoms with Crippen LogP contribution < -0.4 is 5.32 Å². The van der Waals surface area contributed by atoms with Gasteiger partial charge in [-0.1, -0.05) is 19.9 Å². The molecule has 2 aromatic rings. The lowest BCUT2D eigenvalue weighted by Gasteiger charge is -2.33. The van der Waals surface area contributed by atoms with Gasteiger partial charge in [0, 0.05) is 37.9 Å². The highest BCUT2D eigenvalue weighted by molar-refractivity contribution is 5.82. The van der Waals surface area contributed by atoms with Crippen molar-refractivity contribution in [1.29, 1.82) is 0 Å². The molecule has 1 aromatic heterocycles. The van der Waals surface area contributed by atoms with Crippen molar-refractivity contribution in [2.24, 2.45) is 11.8 Å². The first kappa shape index (κ1) is 19.1. The van der Waals surface area contributed by atoms with E-state index in [2.05, 4.69) is 10.3 Å². The molecule has 1 fully saturated rings. The van der Waals surface area contributed by atoms with E-state index in [4.69, 9.17) is 0 Å². The van der Waals surface area contributed by atoms with Gasteiger partial charge < -0.3 is 14.8 Å². The smallest absolute Gasteiger partial charge is 0.225 e. The zero-order valence-corrected chi connectivity index (χ0v) is 15.7. The topological polar surface area (TPSA) is 67.2 Å². The Morgan fingerprint density at radius 1 is 1.37 bits per heavy atom. The summed E-state index contributed by atoms with van der Waals surface area (Å²) >= 11 is 0. The first-order valence-corrected chi connectivity index (χ1v) is 9.29. The van der Waals surface area contributed by atoms with Gasteiger partial charge >= 0.3 is 0 Å². The highest BCUT2D eigenvalue weighted by Gasteiger charge is 2.29. The molecule has 0 radical (unpaired) electrons. The molecule has 0 spiro atoms. The van der Waals surface area contributed by atoms with Gasteiger partial charge in [0.1, 0.15) is 5.82 Å². The first-order valence-electron chi connectivity index (χ1n) is 9.29. The quantitative estimate of drug-likeness (QED) is 0.877. The van der Waals surface area contributed by atoms with Crippen molar-refractivity contribution in [2.45, 2.75) is 33.2 Å². The van der Waals surface area contributed by atoms with Crippen molar-refractivity contribution in [1.82, 2.24) is 19.8 Å². The fraction of sp³-hybridized carbons (Fsp3) is 0.450. The van der Waals surface area contributed by atoms with E-state index in [9.17, 15) is 14.0 Å². The third-order valence-corrected chi connectivity index (χ3v) is 4.86. The number of rotatable bonds is 5. The monoisotopic (exact) mass is 372 g/mol.